The minimum atomic E-state index is -0.580. The quantitative estimate of drug-likeness (QED) is 0.533. The van der Waals surface area contributed by atoms with Crippen LogP contribution >= 0.6 is 0 Å². The van der Waals surface area contributed by atoms with E-state index in [0.717, 1.165) is 5.39 Å². The van der Waals surface area contributed by atoms with Crippen LogP contribution in [0.3, 0.4) is 0 Å². The van der Waals surface area contributed by atoms with E-state index in [1.54, 1.807) is 32.2 Å². The molecular weight excluding hydrogens is 362 g/mol. The van der Waals surface area contributed by atoms with E-state index >= 15 is 0 Å². The van der Waals surface area contributed by atoms with E-state index in [1.165, 1.54) is 6.07 Å². The molecule has 0 aliphatic rings. The Hall–Kier alpha value is -3.74. The third kappa shape index (κ3) is 3.07. The molecule has 0 atom stereocenters. The Balaban J connectivity index is 1.94. The highest BCUT2D eigenvalue weighted by Crippen LogP contribution is 2.37. The molecule has 0 radical (unpaired) electrons. The number of fused-ring (bicyclic) bond motifs is 2. The van der Waals surface area contributed by atoms with Crippen molar-refractivity contribution in [3.63, 3.8) is 0 Å². The molecule has 2 heterocycles. The molecule has 142 valence electrons. The molecule has 0 saturated heterocycles. The van der Waals surface area contributed by atoms with Crippen molar-refractivity contribution in [1.29, 1.82) is 0 Å². The number of para-hydroxylation sites is 1. The summed E-state index contributed by atoms with van der Waals surface area (Å²) in [6, 6.07) is 12.1. The lowest BCUT2D eigenvalue weighted by Gasteiger charge is -2.10. The number of primary amides is 1. The first kappa shape index (κ1) is 17.7. The number of rotatable bonds is 5. The number of aryl methyl sites for hydroxylation is 1. The van der Waals surface area contributed by atoms with E-state index in [1.807, 2.05) is 18.2 Å². The molecule has 0 bridgehead atoms. The predicted octanol–water partition coefficient (Wildman–Crippen LogP) is 3.39. The van der Waals surface area contributed by atoms with E-state index in [4.69, 9.17) is 24.0 Å². The lowest BCUT2D eigenvalue weighted by Crippen LogP contribution is -2.20. The fraction of sp³-hybridized carbons (Fsp3) is 0.143. The number of furan rings is 1. The van der Waals surface area contributed by atoms with Crippen LogP contribution in [0, 0.1) is 6.92 Å². The topological polar surface area (TPSA) is 105 Å². The van der Waals surface area contributed by atoms with E-state index in [-0.39, 0.29) is 6.61 Å². The first-order valence-electron chi connectivity index (χ1n) is 8.53. The van der Waals surface area contributed by atoms with Crippen LogP contribution < -0.4 is 20.8 Å². The largest absolute Gasteiger partial charge is 0.493 e. The molecule has 0 saturated carbocycles. The molecule has 0 fully saturated rings. The second-order valence-corrected chi connectivity index (χ2v) is 6.34. The van der Waals surface area contributed by atoms with Gasteiger partial charge in [-0.1, -0.05) is 12.1 Å². The fourth-order valence-electron chi connectivity index (χ4n) is 3.13. The standard InChI is InChI=1S/C21H17NO6/c1-11-6-17-13(8-16(11)26-10-19(22)23)14(9-20(24)27-17)18-7-12-4-3-5-15(25-2)21(12)28-18/h3-9H,10H2,1-2H3,(H2,22,23). The average molecular weight is 379 g/mol. The first-order valence-corrected chi connectivity index (χ1v) is 8.53. The summed E-state index contributed by atoms with van der Waals surface area (Å²) in [4.78, 5) is 23.2. The van der Waals surface area contributed by atoms with Crippen LogP contribution in [-0.2, 0) is 4.79 Å². The molecule has 0 aliphatic carbocycles. The summed E-state index contributed by atoms with van der Waals surface area (Å²) >= 11 is 0. The summed E-state index contributed by atoms with van der Waals surface area (Å²) in [6.45, 7) is 1.54. The maximum atomic E-state index is 12.1. The highest BCUT2D eigenvalue weighted by atomic mass is 16.5. The van der Waals surface area contributed by atoms with Crippen LogP contribution in [0.5, 0.6) is 11.5 Å². The van der Waals surface area contributed by atoms with Gasteiger partial charge in [0.2, 0.25) is 0 Å². The van der Waals surface area contributed by atoms with Crippen LogP contribution in [0.1, 0.15) is 5.56 Å². The highest BCUT2D eigenvalue weighted by molar-refractivity contribution is 5.96. The van der Waals surface area contributed by atoms with Crippen LogP contribution in [0.4, 0.5) is 0 Å². The Morgan fingerprint density at radius 1 is 1.11 bits per heavy atom. The van der Waals surface area contributed by atoms with Gasteiger partial charge in [-0.3, -0.25) is 4.79 Å². The molecular formula is C21H17NO6. The van der Waals surface area contributed by atoms with Gasteiger partial charge >= 0.3 is 5.63 Å². The highest BCUT2D eigenvalue weighted by Gasteiger charge is 2.16. The minimum Gasteiger partial charge on any atom is -0.493 e. The molecule has 7 nitrogen and oxygen atoms in total. The molecule has 2 aromatic heterocycles. The van der Waals surface area contributed by atoms with Gasteiger partial charge in [-0.15, -0.1) is 0 Å². The second kappa shape index (κ2) is 6.77. The van der Waals surface area contributed by atoms with Crippen molar-refractivity contribution in [2.45, 2.75) is 6.92 Å². The van der Waals surface area contributed by atoms with Crippen molar-refractivity contribution in [3.8, 4) is 22.8 Å². The molecule has 4 aromatic rings. The minimum absolute atomic E-state index is 0.250. The van der Waals surface area contributed by atoms with Crippen molar-refractivity contribution >= 4 is 27.8 Å². The number of amides is 1. The normalized spacial score (nSPS) is 11.1. The van der Waals surface area contributed by atoms with Gasteiger partial charge in [-0.05, 0) is 36.8 Å². The molecule has 7 heteroatoms. The lowest BCUT2D eigenvalue weighted by atomic mass is 10.0. The van der Waals surface area contributed by atoms with E-state index < -0.39 is 11.5 Å². The number of carbonyl (C=O) groups is 1. The summed E-state index contributed by atoms with van der Waals surface area (Å²) in [5, 5.41) is 1.45. The molecule has 4 rings (SSSR count). The Labute approximate surface area is 159 Å². The Morgan fingerprint density at radius 2 is 1.93 bits per heavy atom. The zero-order valence-electron chi connectivity index (χ0n) is 15.3. The molecule has 2 N–H and O–H groups in total. The Kier molecular flexibility index (Phi) is 4.27. The van der Waals surface area contributed by atoms with Gasteiger partial charge < -0.3 is 24.0 Å². The number of ether oxygens (including phenoxy) is 2. The number of benzene rings is 2. The zero-order chi connectivity index (χ0) is 19.8. The monoisotopic (exact) mass is 379 g/mol. The number of nitrogens with two attached hydrogens (primary N) is 1. The number of hydrogen-bond acceptors (Lipinski definition) is 6. The van der Waals surface area contributed by atoms with E-state index in [2.05, 4.69) is 0 Å². The summed E-state index contributed by atoms with van der Waals surface area (Å²) in [5.74, 6) is 0.971. The zero-order valence-corrected chi connectivity index (χ0v) is 15.3. The molecule has 28 heavy (non-hydrogen) atoms. The van der Waals surface area contributed by atoms with Gasteiger partial charge in [0, 0.05) is 22.4 Å². The first-order chi connectivity index (χ1) is 13.5. The lowest BCUT2D eigenvalue weighted by molar-refractivity contribution is -0.119. The number of carbonyl (C=O) groups excluding carboxylic acids is 1. The molecule has 0 spiro atoms. The van der Waals surface area contributed by atoms with Crippen molar-refractivity contribution < 1.29 is 23.1 Å². The maximum Gasteiger partial charge on any atom is 0.336 e. The van der Waals surface area contributed by atoms with Crippen molar-refractivity contribution in [3.05, 3.63) is 58.4 Å². The second-order valence-electron chi connectivity index (χ2n) is 6.34. The fourth-order valence-corrected chi connectivity index (χ4v) is 3.13. The summed E-state index contributed by atoms with van der Waals surface area (Å²) < 4.78 is 22.1. The van der Waals surface area contributed by atoms with Crippen molar-refractivity contribution in [2.24, 2.45) is 5.73 Å². The SMILES string of the molecule is COc1cccc2cc(-c3cc(=O)oc4cc(C)c(OCC(N)=O)cc34)oc12. The summed E-state index contributed by atoms with van der Waals surface area (Å²) in [5.41, 5.74) is 6.89. The van der Waals surface area contributed by atoms with Crippen LogP contribution in [0.15, 0.2) is 56.1 Å². The van der Waals surface area contributed by atoms with Gasteiger partial charge in [-0.25, -0.2) is 4.79 Å². The third-order valence-electron chi connectivity index (χ3n) is 4.40. The van der Waals surface area contributed by atoms with Crippen LogP contribution in [-0.4, -0.2) is 19.6 Å². The van der Waals surface area contributed by atoms with E-state index in [0.29, 0.717) is 44.9 Å². The van der Waals surface area contributed by atoms with Gasteiger partial charge in [0.1, 0.15) is 17.1 Å². The molecule has 1 amide bonds. The smallest absolute Gasteiger partial charge is 0.336 e. The summed E-state index contributed by atoms with van der Waals surface area (Å²) in [7, 11) is 1.56. The van der Waals surface area contributed by atoms with Gasteiger partial charge in [0.05, 0.1) is 7.11 Å². The van der Waals surface area contributed by atoms with Gasteiger partial charge in [-0.2, -0.15) is 0 Å². The molecule has 0 aliphatic heterocycles. The maximum absolute atomic E-state index is 12.1. The molecule has 0 unspecified atom stereocenters. The number of hydrogen-bond donors (Lipinski definition) is 1. The van der Waals surface area contributed by atoms with Crippen LogP contribution in [0.25, 0.3) is 33.3 Å². The summed E-state index contributed by atoms with van der Waals surface area (Å²) in [6.07, 6.45) is 0. The Morgan fingerprint density at radius 3 is 2.68 bits per heavy atom. The predicted molar refractivity (Wildman–Crippen MR) is 104 cm³/mol. The third-order valence-corrected chi connectivity index (χ3v) is 4.40. The van der Waals surface area contributed by atoms with Crippen LogP contribution in [0.2, 0.25) is 0 Å². The average Bonchev–Trinajstić information content (AvgIpc) is 3.09. The van der Waals surface area contributed by atoms with Gasteiger partial charge in [0.15, 0.2) is 17.9 Å². The van der Waals surface area contributed by atoms with Gasteiger partial charge in [0.25, 0.3) is 5.91 Å². The number of methoxy groups -OCH3 is 1. The molecule has 2 aromatic carbocycles. The Bertz CT molecular complexity index is 1270. The van der Waals surface area contributed by atoms with Crippen molar-refractivity contribution in [1.82, 2.24) is 0 Å². The van der Waals surface area contributed by atoms with E-state index in [9.17, 15) is 9.59 Å². The van der Waals surface area contributed by atoms with Crippen molar-refractivity contribution in [2.75, 3.05) is 13.7 Å².